The number of benzene rings is 2. The second-order valence-corrected chi connectivity index (χ2v) is 15.3. The molecule has 3 aromatic rings. The second kappa shape index (κ2) is 17.3. The highest BCUT2D eigenvalue weighted by atomic mass is 16.5. The number of nitrogens with zero attached hydrogens (tertiary/aromatic N) is 4. The van der Waals surface area contributed by atoms with E-state index in [4.69, 9.17) is 14.5 Å². The number of rotatable bonds is 12. The fourth-order valence-electron chi connectivity index (χ4n) is 7.85. The second-order valence-electron chi connectivity index (χ2n) is 15.3. The van der Waals surface area contributed by atoms with E-state index in [0.29, 0.717) is 25.9 Å². The first-order chi connectivity index (χ1) is 26.5. The zero-order valence-electron chi connectivity index (χ0n) is 32.6. The van der Waals surface area contributed by atoms with Gasteiger partial charge in [0.15, 0.2) is 0 Å². The summed E-state index contributed by atoms with van der Waals surface area (Å²) in [4.78, 5) is 67.5. The Kier molecular flexibility index (Phi) is 12.4. The molecule has 55 heavy (non-hydrogen) atoms. The van der Waals surface area contributed by atoms with Crippen LogP contribution in [0.1, 0.15) is 71.2 Å². The van der Waals surface area contributed by atoms with Crippen LogP contribution in [0, 0.1) is 11.8 Å². The number of alkyl carbamates (subject to hydrolysis) is 2. The first kappa shape index (κ1) is 39.2. The van der Waals surface area contributed by atoms with Crippen LogP contribution in [0.25, 0.3) is 28.0 Å². The Morgan fingerprint density at radius 1 is 0.764 bits per heavy atom. The molecule has 0 bridgehead atoms. The molecule has 1 unspecified atom stereocenters. The van der Waals surface area contributed by atoms with E-state index in [1.165, 1.54) is 14.2 Å². The fraction of sp³-hybridized carbons (Fsp3) is 0.476. The number of imidazole rings is 1. The van der Waals surface area contributed by atoms with E-state index >= 15 is 0 Å². The summed E-state index contributed by atoms with van der Waals surface area (Å²) >= 11 is 0. The maximum absolute atomic E-state index is 13.5. The summed E-state index contributed by atoms with van der Waals surface area (Å²) in [6.45, 7) is 8.95. The molecule has 4 heterocycles. The summed E-state index contributed by atoms with van der Waals surface area (Å²) < 4.78 is 9.52. The van der Waals surface area contributed by atoms with Crippen molar-refractivity contribution in [2.24, 2.45) is 16.8 Å². The largest absolute Gasteiger partial charge is 0.453 e. The Balaban J connectivity index is 1.04. The van der Waals surface area contributed by atoms with Gasteiger partial charge in [-0.05, 0) is 65.3 Å². The van der Waals surface area contributed by atoms with Crippen LogP contribution in [0.2, 0.25) is 0 Å². The summed E-state index contributed by atoms with van der Waals surface area (Å²) in [5, 5.41) is 5.42. The summed E-state index contributed by atoms with van der Waals surface area (Å²) in [5.74, 6) is 0.471. The molecule has 2 fully saturated rings. The Labute approximate surface area is 323 Å². The Bertz CT molecular complexity index is 1920. The molecule has 4 amide bonds. The monoisotopic (exact) mass is 751 g/mol. The molecule has 6 rings (SSSR count). The number of hydrogen-bond acceptors (Lipinski definition) is 8. The number of carbonyl (C=O) groups is 4. The number of ether oxygens (including phenoxy) is 2. The van der Waals surface area contributed by atoms with Crippen LogP contribution in [0.3, 0.4) is 0 Å². The number of H-pyrrole nitrogens is 1. The predicted molar refractivity (Wildman–Crippen MR) is 211 cm³/mol. The molecular weight excluding hydrogens is 699 g/mol. The van der Waals surface area contributed by atoms with Crippen molar-refractivity contribution in [2.45, 2.75) is 90.4 Å². The minimum absolute atomic E-state index is 0.00313. The Morgan fingerprint density at radius 3 is 1.87 bits per heavy atom. The smallest absolute Gasteiger partial charge is 0.407 e. The van der Waals surface area contributed by atoms with Gasteiger partial charge in [-0.1, -0.05) is 76.2 Å². The van der Waals surface area contributed by atoms with Crippen molar-refractivity contribution in [3.63, 3.8) is 0 Å². The van der Waals surface area contributed by atoms with Gasteiger partial charge in [-0.3, -0.25) is 14.6 Å². The van der Waals surface area contributed by atoms with Gasteiger partial charge in [-0.2, -0.15) is 0 Å². The van der Waals surface area contributed by atoms with Crippen LogP contribution in [-0.4, -0.2) is 101 Å². The molecule has 4 atom stereocenters. The third-order valence-electron chi connectivity index (χ3n) is 11.0. The number of carbonyl (C=O) groups excluding carboxylic acids is 4. The normalized spacial score (nSPS) is 19.3. The first-order valence-electron chi connectivity index (χ1n) is 19.3. The van der Waals surface area contributed by atoms with Gasteiger partial charge in [0.05, 0.1) is 32.2 Å². The minimum Gasteiger partial charge on any atom is -0.453 e. The standard InChI is InChI=1S/C42H53N7O6/c1-25(2)37(46-41(52)54-5)39(50)48-19-7-9-32(48)22-36-44-24-34(45-36)30-17-15-28(16-18-30)27-11-13-29(14-12-27)31-21-33(43-23-31)35-10-8-20-49(35)40(51)38(26(3)4)47-42(53)55-6/h11-18,23-26,32,35,37-38H,7-10,19-22H2,1-6H3,(H,44,45)(H,46,52)(H,47,53)/t32-,35-,37?,38-/m0/s1. The Morgan fingerprint density at radius 2 is 1.29 bits per heavy atom. The number of aromatic amines is 1. The van der Waals surface area contributed by atoms with E-state index < -0.39 is 24.3 Å². The Hall–Kier alpha value is -5.46. The first-order valence-corrected chi connectivity index (χ1v) is 19.3. The summed E-state index contributed by atoms with van der Waals surface area (Å²) in [6.07, 6.45) is 7.33. The van der Waals surface area contributed by atoms with Crippen LogP contribution in [-0.2, 0) is 25.5 Å². The SMILES string of the molecule is COC(=O)NC(C(=O)N1CCC[C@H]1Cc1ncc(-c2ccc(-c3ccc(C4=CN=C([C@@H]5CCCN5C(=O)[C@@H](NC(=O)OC)C(C)C)C4)cc3)cc2)[nH]1)C(C)C. The van der Waals surface area contributed by atoms with Gasteiger partial charge in [0, 0.05) is 43.9 Å². The minimum atomic E-state index is -0.657. The zero-order valence-corrected chi connectivity index (χ0v) is 32.6. The van der Waals surface area contributed by atoms with Crippen LogP contribution in [0.5, 0.6) is 0 Å². The van der Waals surface area contributed by atoms with Crippen molar-refractivity contribution in [2.75, 3.05) is 27.3 Å². The van der Waals surface area contributed by atoms with E-state index in [-0.39, 0.29) is 35.7 Å². The molecule has 0 radical (unpaired) electrons. The van der Waals surface area contributed by atoms with E-state index in [2.05, 4.69) is 69.1 Å². The number of allylic oxidation sites excluding steroid dienone is 1. The van der Waals surface area contributed by atoms with Crippen LogP contribution in [0.15, 0.2) is 65.9 Å². The molecule has 13 nitrogen and oxygen atoms in total. The van der Waals surface area contributed by atoms with Crippen LogP contribution in [0.4, 0.5) is 9.59 Å². The number of methoxy groups -OCH3 is 2. The number of amides is 4. The van der Waals surface area contributed by atoms with Crippen molar-refractivity contribution in [3.8, 4) is 22.4 Å². The highest BCUT2D eigenvalue weighted by Gasteiger charge is 2.39. The predicted octanol–water partition coefficient (Wildman–Crippen LogP) is 6.22. The van der Waals surface area contributed by atoms with Crippen LogP contribution < -0.4 is 10.6 Å². The molecule has 3 N–H and O–H groups in total. The molecule has 2 saturated heterocycles. The molecule has 1 aromatic heterocycles. The maximum Gasteiger partial charge on any atom is 0.407 e. The third-order valence-corrected chi connectivity index (χ3v) is 11.0. The molecule has 0 aliphatic carbocycles. The molecule has 13 heteroatoms. The summed E-state index contributed by atoms with van der Waals surface area (Å²) in [5.41, 5.74) is 7.29. The number of hydrogen-bond donors (Lipinski definition) is 3. The van der Waals surface area contributed by atoms with Crippen molar-refractivity contribution < 1.29 is 28.7 Å². The summed E-state index contributed by atoms with van der Waals surface area (Å²) in [6, 6.07) is 15.4. The highest BCUT2D eigenvalue weighted by Crippen LogP contribution is 2.32. The maximum atomic E-state index is 13.5. The van der Waals surface area contributed by atoms with Gasteiger partial charge in [0.25, 0.3) is 0 Å². The van der Waals surface area contributed by atoms with Crippen molar-refractivity contribution in [3.05, 3.63) is 72.3 Å². The van der Waals surface area contributed by atoms with Gasteiger partial charge in [-0.15, -0.1) is 0 Å². The number of nitrogens with one attached hydrogen (secondary N) is 3. The lowest BCUT2D eigenvalue weighted by Crippen LogP contribution is -2.53. The van der Waals surface area contributed by atoms with E-state index in [1.54, 1.807) is 0 Å². The number of aliphatic imine (C=N–C) groups is 1. The molecule has 3 aliphatic heterocycles. The molecule has 292 valence electrons. The van der Waals surface area contributed by atoms with Crippen LogP contribution >= 0.6 is 0 Å². The van der Waals surface area contributed by atoms with E-state index in [0.717, 1.165) is 70.7 Å². The molecular formula is C42H53N7O6. The van der Waals surface area contributed by atoms with Crippen molar-refractivity contribution >= 4 is 35.3 Å². The van der Waals surface area contributed by atoms with E-state index in [1.807, 2.05) is 49.9 Å². The molecule has 3 aliphatic rings. The molecule has 0 spiro atoms. The quantitative estimate of drug-likeness (QED) is 0.198. The fourth-order valence-corrected chi connectivity index (χ4v) is 7.85. The van der Waals surface area contributed by atoms with Crippen molar-refractivity contribution in [1.29, 1.82) is 0 Å². The van der Waals surface area contributed by atoms with Gasteiger partial charge in [0.1, 0.15) is 17.9 Å². The number of aromatic nitrogens is 2. The van der Waals surface area contributed by atoms with Gasteiger partial charge < -0.3 is 34.9 Å². The molecule has 2 aromatic carbocycles. The average molecular weight is 752 g/mol. The lowest BCUT2D eigenvalue weighted by molar-refractivity contribution is -0.135. The highest BCUT2D eigenvalue weighted by molar-refractivity contribution is 6.04. The lowest BCUT2D eigenvalue weighted by Gasteiger charge is -2.31. The summed E-state index contributed by atoms with van der Waals surface area (Å²) in [7, 11) is 2.60. The van der Waals surface area contributed by atoms with Crippen molar-refractivity contribution in [1.82, 2.24) is 30.4 Å². The molecule has 0 saturated carbocycles. The van der Waals surface area contributed by atoms with Gasteiger partial charge >= 0.3 is 12.2 Å². The van der Waals surface area contributed by atoms with E-state index in [9.17, 15) is 19.2 Å². The van der Waals surface area contributed by atoms with Gasteiger partial charge in [0.2, 0.25) is 11.8 Å². The van der Waals surface area contributed by atoms with Gasteiger partial charge in [-0.25, -0.2) is 14.6 Å². The topological polar surface area (TPSA) is 158 Å². The third kappa shape index (κ3) is 8.92. The average Bonchev–Trinajstić information content (AvgIpc) is 4.03. The number of likely N-dealkylation sites (tertiary alicyclic amines) is 2. The lowest BCUT2D eigenvalue weighted by atomic mass is 9.95. The zero-order chi connectivity index (χ0) is 39.2.